The highest BCUT2D eigenvalue weighted by molar-refractivity contribution is 4.82. The predicted molar refractivity (Wildman–Crippen MR) is 55.9 cm³/mol. The van der Waals surface area contributed by atoms with Crippen molar-refractivity contribution < 1.29 is 4.74 Å². The largest absolute Gasteiger partial charge is 0.382 e. The van der Waals surface area contributed by atoms with Crippen LogP contribution in [-0.2, 0) is 4.74 Å². The fourth-order valence-electron chi connectivity index (χ4n) is 2.29. The minimum absolute atomic E-state index is 0.769. The van der Waals surface area contributed by atoms with Gasteiger partial charge in [0.1, 0.15) is 0 Å². The van der Waals surface area contributed by atoms with E-state index in [9.17, 15) is 0 Å². The summed E-state index contributed by atoms with van der Waals surface area (Å²) in [6.07, 6.45) is 5.40. The predicted octanol–water partition coefficient (Wildman–Crippen LogP) is 2.19. The van der Waals surface area contributed by atoms with Crippen molar-refractivity contribution in [2.24, 2.45) is 5.92 Å². The first-order valence-corrected chi connectivity index (χ1v) is 5.69. The lowest BCUT2D eigenvalue weighted by molar-refractivity contribution is 0.128. The molecule has 1 N–H and O–H groups in total. The highest BCUT2D eigenvalue weighted by Crippen LogP contribution is 2.28. The Morgan fingerprint density at radius 2 is 2.15 bits per heavy atom. The molecule has 1 saturated carbocycles. The van der Waals surface area contributed by atoms with Gasteiger partial charge in [0.05, 0.1) is 0 Å². The maximum atomic E-state index is 5.39. The van der Waals surface area contributed by atoms with E-state index >= 15 is 0 Å². The number of rotatable bonds is 6. The van der Waals surface area contributed by atoms with Crippen molar-refractivity contribution in [3.63, 3.8) is 0 Å². The Kier molecular flexibility index (Phi) is 5.40. The van der Waals surface area contributed by atoms with Crippen molar-refractivity contribution in [1.82, 2.24) is 5.32 Å². The number of hydrogen-bond donors (Lipinski definition) is 1. The summed E-state index contributed by atoms with van der Waals surface area (Å²) in [5.74, 6) is 0.867. The quantitative estimate of drug-likeness (QED) is 0.640. The molecular weight excluding hydrogens is 162 g/mol. The van der Waals surface area contributed by atoms with Crippen LogP contribution in [-0.4, -0.2) is 25.8 Å². The van der Waals surface area contributed by atoms with Crippen LogP contribution in [0.5, 0.6) is 0 Å². The lowest BCUT2D eigenvalue weighted by Crippen LogP contribution is -2.32. The summed E-state index contributed by atoms with van der Waals surface area (Å²) in [7, 11) is 0. The number of nitrogens with one attached hydrogen (secondary N) is 1. The molecule has 1 aliphatic carbocycles. The van der Waals surface area contributed by atoms with E-state index in [4.69, 9.17) is 4.74 Å². The molecule has 0 aliphatic heterocycles. The second kappa shape index (κ2) is 6.39. The molecule has 2 unspecified atom stereocenters. The van der Waals surface area contributed by atoms with Gasteiger partial charge >= 0.3 is 0 Å². The Bertz CT molecular complexity index is 127. The zero-order valence-electron chi connectivity index (χ0n) is 9.01. The molecular formula is C11H23NO. The summed E-state index contributed by atoms with van der Waals surface area (Å²) in [5, 5.41) is 3.57. The van der Waals surface area contributed by atoms with Gasteiger partial charge in [-0.15, -0.1) is 0 Å². The van der Waals surface area contributed by atoms with Gasteiger partial charge in [-0.3, -0.25) is 0 Å². The van der Waals surface area contributed by atoms with Crippen LogP contribution >= 0.6 is 0 Å². The number of hydrogen-bond acceptors (Lipinski definition) is 2. The van der Waals surface area contributed by atoms with Crippen LogP contribution in [0.1, 0.15) is 39.5 Å². The summed E-state index contributed by atoms with van der Waals surface area (Å²) in [4.78, 5) is 0. The van der Waals surface area contributed by atoms with Gasteiger partial charge < -0.3 is 10.1 Å². The molecule has 0 aromatic carbocycles. The van der Waals surface area contributed by atoms with Crippen LogP contribution in [0.4, 0.5) is 0 Å². The van der Waals surface area contributed by atoms with Crippen molar-refractivity contribution in [3.05, 3.63) is 0 Å². The van der Waals surface area contributed by atoms with Gasteiger partial charge in [-0.2, -0.15) is 0 Å². The maximum Gasteiger partial charge on any atom is 0.0469 e. The molecule has 0 saturated heterocycles. The highest BCUT2D eigenvalue weighted by atomic mass is 16.5. The maximum absolute atomic E-state index is 5.39. The molecule has 2 atom stereocenters. The van der Waals surface area contributed by atoms with Crippen LogP contribution in [0.25, 0.3) is 0 Å². The van der Waals surface area contributed by atoms with Gasteiger partial charge in [0.15, 0.2) is 0 Å². The van der Waals surface area contributed by atoms with E-state index in [1.54, 1.807) is 0 Å². The summed E-state index contributed by atoms with van der Waals surface area (Å²) >= 11 is 0. The van der Waals surface area contributed by atoms with Crippen molar-refractivity contribution in [2.75, 3.05) is 19.8 Å². The van der Waals surface area contributed by atoms with Gasteiger partial charge in [0.25, 0.3) is 0 Å². The van der Waals surface area contributed by atoms with Gasteiger partial charge in [-0.1, -0.05) is 13.3 Å². The zero-order chi connectivity index (χ0) is 9.52. The zero-order valence-corrected chi connectivity index (χ0v) is 9.01. The Labute approximate surface area is 82.0 Å². The van der Waals surface area contributed by atoms with Crippen molar-refractivity contribution in [2.45, 2.75) is 45.6 Å². The average Bonchev–Trinajstić information content (AvgIpc) is 2.54. The monoisotopic (exact) mass is 185 g/mol. The highest BCUT2D eigenvalue weighted by Gasteiger charge is 2.25. The topological polar surface area (TPSA) is 21.3 Å². The van der Waals surface area contributed by atoms with Crippen molar-refractivity contribution in [1.29, 1.82) is 0 Å². The molecule has 0 aromatic heterocycles. The summed E-state index contributed by atoms with van der Waals surface area (Å²) in [6.45, 7) is 7.17. The lowest BCUT2D eigenvalue weighted by Gasteiger charge is -2.19. The molecule has 0 aromatic rings. The van der Waals surface area contributed by atoms with E-state index in [1.807, 2.05) is 0 Å². The molecule has 2 nitrogen and oxygen atoms in total. The Morgan fingerprint density at radius 3 is 2.85 bits per heavy atom. The van der Waals surface area contributed by atoms with Crippen LogP contribution in [0.3, 0.4) is 0 Å². The average molecular weight is 185 g/mol. The molecule has 0 heterocycles. The minimum atomic E-state index is 0.769. The van der Waals surface area contributed by atoms with E-state index in [0.717, 1.165) is 31.7 Å². The Morgan fingerprint density at radius 1 is 1.31 bits per heavy atom. The summed E-state index contributed by atoms with van der Waals surface area (Å²) in [6, 6.07) is 0.769. The van der Waals surface area contributed by atoms with Crippen LogP contribution in [0.2, 0.25) is 0 Å². The van der Waals surface area contributed by atoms with Gasteiger partial charge in [-0.05, 0) is 38.6 Å². The van der Waals surface area contributed by atoms with Crippen molar-refractivity contribution >= 4 is 0 Å². The Balaban J connectivity index is 2.15. The Hall–Kier alpha value is -0.0800. The lowest BCUT2D eigenvalue weighted by atomic mass is 10.0. The first-order valence-electron chi connectivity index (χ1n) is 5.69. The fourth-order valence-corrected chi connectivity index (χ4v) is 2.29. The molecule has 2 heteroatoms. The first-order chi connectivity index (χ1) is 6.38. The van der Waals surface area contributed by atoms with E-state index in [0.29, 0.717) is 0 Å². The second-order valence-corrected chi connectivity index (χ2v) is 3.84. The molecule has 1 fully saturated rings. The molecule has 0 radical (unpaired) electrons. The molecule has 0 bridgehead atoms. The van der Waals surface area contributed by atoms with Crippen LogP contribution in [0, 0.1) is 5.92 Å². The van der Waals surface area contributed by atoms with E-state index in [2.05, 4.69) is 19.2 Å². The van der Waals surface area contributed by atoms with Gasteiger partial charge in [0, 0.05) is 19.3 Å². The van der Waals surface area contributed by atoms with E-state index in [-0.39, 0.29) is 0 Å². The third kappa shape index (κ3) is 3.65. The van der Waals surface area contributed by atoms with E-state index < -0.39 is 0 Å². The molecule has 1 aliphatic rings. The molecule has 0 amide bonds. The smallest absolute Gasteiger partial charge is 0.0469 e. The van der Waals surface area contributed by atoms with Gasteiger partial charge in [0.2, 0.25) is 0 Å². The van der Waals surface area contributed by atoms with Gasteiger partial charge in [-0.25, -0.2) is 0 Å². The molecule has 1 rings (SSSR count). The summed E-state index contributed by atoms with van der Waals surface area (Å²) in [5.41, 5.74) is 0. The van der Waals surface area contributed by atoms with E-state index in [1.165, 1.54) is 25.7 Å². The number of ether oxygens (including phenoxy) is 1. The van der Waals surface area contributed by atoms with Crippen LogP contribution < -0.4 is 5.32 Å². The third-order valence-electron chi connectivity index (χ3n) is 2.96. The van der Waals surface area contributed by atoms with Crippen molar-refractivity contribution in [3.8, 4) is 0 Å². The molecule has 78 valence electrons. The standard InChI is InChI=1S/C11H23NO/c1-3-12-11-7-5-6-10(11)8-9-13-4-2/h10-12H,3-9H2,1-2H3. The second-order valence-electron chi connectivity index (χ2n) is 3.84. The SMILES string of the molecule is CCNC1CCCC1CCOCC. The molecule has 13 heavy (non-hydrogen) atoms. The molecule has 0 spiro atoms. The van der Waals surface area contributed by atoms with Crippen LogP contribution in [0.15, 0.2) is 0 Å². The summed E-state index contributed by atoms with van der Waals surface area (Å²) < 4.78 is 5.39. The fraction of sp³-hybridized carbons (Fsp3) is 1.00. The third-order valence-corrected chi connectivity index (χ3v) is 2.96. The first kappa shape index (κ1) is 11.0. The normalized spacial score (nSPS) is 28.2. The minimum Gasteiger partial charge on any atom is -0.382 e.